The lowest BCUT2D eigenvalue weighted by atomic mass is 10.1. The topological polar surface area (TPSA) is 78.9 Å². The number of carbonyl (C=O) groups is 3. The summed E-state index contributed by atoms with van der Waals surface area (Å²) >= 11 is 0. The summed E-state index contributed by atoms with van der Waals surface area (Å²) in [5, 5.41) is 0. The second-order valence-corrected chi connectivity index (χ2v) is 19.8. The minimum Gasteiger partial charge on any atom is -0.462 e. The Morgan fingerprint density at radius 2 is 0.533 bits per heavy atom. The van der Waals surface area contributed by atoms with Crippen LogP contribution in [0, 0.1) is 0 Å². The molecule has 0 heterocycles. The maximum atomic E-state index is 12.9. The minimum absolute atomic E-state index is 0.112. The van der Waals surface area contributed by atoms with Crippen molar-refractivity contribution in [1.29, 1.82) is 0 Å². The lowest BCUT2D eigenvalue weighted by molar-refractivity contribution is -0.167. The summed E-state index contributed by atoms with van der Waals surface area (Å²) in [4.78, 5) is 38.3. The van der Waals surface area contributed by atoms with Crippen molar-refractivity contribution in [1.82, 2.24) is 0 Å². The van der Waals surface area contributed by atoms with Crippen LogP contribution in [0.15, 0.2) is 134 Å². The van der Waals surface area contributed by atoms with Crippen molar-refractivity contribution in [2.45, 2.75) is 271 Å². The van der Waals surface area contributed by atoms with E-state index in [2.05, 4.69) is 154 Å². The van der Waals surface area contributed by atoms with Gasteiger partial charge in [0.15, 0.2) is 6.10 Å². The van der Waals surface area contributed by atoms with Gasteiger partial charge >= 0.3 is 17.9 Å². The van der Waals surface area contributed by atoms with Gasteiger partial charge in [-0.2, -0.15) is 0 Å². The Kier molecular flexibility index (Phi) is 58.4. The smallest absolute Gasteiger partial charge is 0.306 e. The lowest BCUT2D eigenvalue weighted by Gasteiger charge is -2.18. The zero-order valence-electron chi connectivity index (χ0n) is 48.5. The molecule has 0 aromatic heterocycles. The monoisotopic (exact) mass is 1040 g/mol. The van der Waals surface area contributed by atoms with Gasteiger partial charge in [0.25, 0.3) is 0 Å². The summed E-state index contributed by atoms with van der Waals surface area (Å²) in [6.07, 6.45) is 87.4. The van der Waals surface area contributed by atoms with Gasteiger partial charge in [-0.1, -0.05) is 251 Å². The molecule has 1 unspecified atom stereocenters. The number of allylic oxidation sites excluding steroid dienone is 22. The lowest BCUT2D eigenvalue weighted by Crippen LogP contribution is -2.30. The molecular formula is C69H112O6. The molecule has 0 aliphatic rings. The zero-order valence-corrected chi connectivity index (χ0v) is 48.5. The number of carbonyl (C=O) groups excluding carboxylic acids is 3. The van der Waals surface area contributed by atoms with Gasteiger partial charge in [-0.05, 0) is 128 Å². The van der Waals surface area contributed by atoms with Crippen molar-refractivity contribution in [2.75, 3.05) is 13.2 Å². The standard InChI is InChI=1S/C69H112O6/c1-4-7-10-13-16-19-22-25-28-31-32-33-34-35-36-39-41-44-47-50-53-56-59-62-68(71)74-65-66(75-69(72)63-60-57-54-51-48-45-42-38-30-27-24-21-18-15-12-9-6-3)64-73-67(70)61-58-55-52-49-46-43-40-37-29-26-23-20-17-14-11-8-5-2/h8-9,11-12,17-18,20-22,25-27,29-32,34-35,42,45,51,54,66H,4-7,10,13-16,19,23-24,28,33,36-41,43-44,46-50,52-53,55-65H2,1-3H3/b11-8-,12-9-,20-17-,21-18-,25-22-,29-26-,30-27-,32-31-,35-34-,45-42-,54-51-. The molecule has 0 amide bonds. The normalized spacial score (nSPS) is 13.1. The molecule has 0 bridgehead atoms. The molecule has 0 radical (unpaired) electrons. The molecule has 0 aromatic rings. The fourth-order valence-electron chi connectivity index (χ4n) is 8.09. The molecule has 6 nitrogen and oxygen atoms in total. The summed E-state index contributed by atoms with van der Waals surface area (Å²) in [5.41, 5.74) is 0. The van der Waals surface area contributed by atoms with Gasteiger partial charge in [0, 0.05) is 19.3 Å². The van der Waals surface area contributed by atoms with Gasteiger partial charge in [-0.25, -0.2) is 0 Å². The Hall–Kier alpha value is -4.45. The molecule has 0 aliphatic carbocycles. The summed E-state index contributed by atoms with van der Waals surface area (Å²) < 4.78 is 16.8. The number of hydrogen-bond acceptors (Lipinski definition) is 6. The Balaban J connectivity index is 4.48. The third-order valence-electron chi connectivity index (χ3n) is 12.6. The van der Waals surface area contributed by atoms with Crippen LogP contribution >= 0.6 is 0 Å². The van der Waals surface area contributed by atoms with Crippen LogP contribution in [-0.2, 0) is 28.6 Å². The predicted molar refractivity (Wildman–Crippen MR) is 325 cm³/mol. The molecule has 0 fully saturated rings. The highest BCUT2D eigenvalue weighted by molar-refractivity contribution is 5.71. The van der Waals surface area contributed by atoms with E-state index >= 15 is 0 Å². The molecule has 1 atom stereocenters. The first-order valence-corrected chi connectivity index (χ1v) is 30.7. The van der Waals surface area contributed by atoms with Crippen molar-refractivity contribution < 1.29 is 28.6 Å². The van der Waals surface area contributed by atoms with E-state index < -0.39 is 6.10 Å². The second kappa shape index (κ2) is 62.1. The number of hydrogen-bond donors (Lipinski definition) is 0. The van der Waals surface area contributed by atoms with Crippen molar-refractivity contribution in [3.63, 3.8) is 0 Å². The van der Waals surface area contributed by atoms with Crippen molar-refractivity contribution in [3.8, 4) is 0 Å². The SMILES string of the molecule is CC/C=C\C/C=C\C/C=C\C/C=C\C/C=C\CCCC(=O)OC(COC(=O)CCCCCCCCC/C=C\C/C=C\C/C=C\CC)COC(=O)CCCCCCCCCC/C=C\C/C=C\C/C=C\CCCCCCC. The van der Waals surface area contributed by atoms with Crippen molar-refractivity contribution in [3.05, 3.63) is 134 Å². The highest BCUT2D eigenvalue weighted by atomic mass is 16.6. The van der Waals surface area contributed by atoms with E-state index in [1.165, 1.54) is 96.3 Å². The van der Waals surface area contributed by atoms with Gasteiger partial charge in [-0.15, -0.1) is 0 Å². The van der Waals surface area contributed by atoms with Crippen LogP contribution in [0.4, 0.5) is 0 Å². The Labute approximate surface area is 462 Å². The van der Waals surface area contributed by atoms with Crippen LogP contribution in [0.25, 0.3) is 0 Å². The van der Waals surface area contributed by atoms with Gasteiger partial charge < -0.3 is 14.2 Å². The van der Waals surface area contributed by atoms with Crippen molar-refractivity contribution >= 4 is 17.9 Å². The quantitative estimate of drug-likeness (QED) is 0.0261. The maximum absolute atomic E-state index is 12.9. The van der Waals surface area contributed by atoms with E-state index in [1.54, 1.807) is 0 Å². The average Bonchev–Trinajstić information content (AvgIpc) is 3.41. The largest absolute Gasteiger partial charge is 0.462 e. The van der Waals surface area contributed by atoms with Gasteiger partial charge in [-0.3, -0.25) is 14.4 Å². The number of ether oxygens (including phenoxy) is 3. The van der Waals surface area contributed by atoms with Crippen molar-refractivity contribution in [2.24, 2.45) is 0 Å². The Morgan fingerprint density at radius 1 is 0.280 bits per heavy atom. The highest BCUT2D eigenvalue weighted by Crippen LogP contribution is 2.14. The summed E-state index contributed by atoms with van der Waals surface area (Å²) in [5.74, 6) is -0.988. The van der Waals surface area contributed by atoms with Gasteiger partial charge in [0.2, 0.25) is 0 Å². The third-order valence-corrected chi connectivity index (χ3v) is 12.6. The van der Waals surface area contributed by atoms with Crippen LogP contribution in [0.5, 0.6) is 0 Å². The molecule has 0 aliphatic heterocycles. The van der Waals surface area contributed by atoms with E-state index in [4.69, 9.17) is 14.2 Å². The fraction of sp³-hybridized carbons (Fsp3) is 0.638. The number of esters is 3. The first-order chi connectivity index (χ1) is 37.0. The summed E-state index contributed by atoms with van der Waals surface area (Å²) in [7, 11) is 0. The molecule has 424 valence electrons. The first kappa shape index (κ1) is 70.5. The summed E-state index contributed by atoms with van der Waals surface area (Å²) in [6, 6.07) is 0. The molecule has 0 spiro atoms. The van der Waals surface area contributed by atoms with Crippen LogP contribution in [-0.4, -0.2) is 37.2 Å². The second-order valence-electron chi connectivity index (χ2n) is 19.8. The molecule has 0 N–H and O–H groups in total. The third kappa shape index (κ3) is 60.3. The van der Waals surface area contributed by atoms with Crippen LogP contribution in [0.3, 0.4) is 0 Å². The van der Waals surface area contributed by atoms with Crippen LogP contribution < -0.4 is 0 Å². The minimum atomic E-state index is -0.822. The molecule has 0 saturated heterocycles. The fourth-order valence-corrected chi connectivity index (χ4v) is 8.09. The summed E-state index contributed by atoms with van der Waals surface area (Å²) in [6.45, 7) is 6.35. The van der Waals surface area contributed by atoms with E-state index in [0.717, 1.165) is 122 Å². The number of unbranched alkanes of at least 4 members (excludes halogenated alkanes) is 21. The first-order valence-electron chi connectivity index (χ1n) is 30.7. The molecule has 6 heteroatoms. The van der Waals surface area contributed by atoms with E-state index in [0.29, 0.717) is 19.3 Å². The number of rotatable bonds is 54. The molecule has 0 aromatic carbocycles. The Bertz CT molecular complexity index is 1620. The maximum Gasteiger partial charge on any atom is 0.306 e. The van der Waals surface area contributed by atoms with Gasteiger partial charge in [0.1, 0.15) is 13.2 Å². The predicted octanol–water partition coefficient (Wildman–Crippen LogP) is 21.0. The van der Waals surface area contributed by atoms with E-state index in [1.807, 2.05) is 0 Å². The zero-order chi connectivity index (χ0) is 54.3. The molecular weight excluding hydrogens is 925 g/mol. The average molecular weight is 1040 g/mol. The Morgan fingerprint density at radius 3 is 0.853 bits per heavy atom. The molecule has 75 heavy (non-hydrogen) atoms. The van der Waals surface area contributed by atoms with Crippen LogP contribution in [0.1, 0.15) is 265 Å². The highest BCUT2D eigenvalue weighted by Gasteiger charge is 2.19. The molecule has 0 saturated carbocycles. The van der Waals surface area contributed by atoms with E-state index in [-0.39, 0.29) is 37.5 Å². The molecule has 0 rings (SSSR count). The van der Waals surface area contributed by atoms with Gasteiger partial charge in [0.05, 0.1) is 0 Å². The van der Waals surface area contributed by atoms with Crippen LogP contribution in [0.2, 0.25) is 0 Å². The van der Waals surface area contributed by atoms with E-state index in [9.17, 15) is 14.4 Å².